The lowest BCUT2D eigenvalue weighted by Gasteiger charge is -2.22. The number of rotatable bonds is 1. The van der Waals surface area contributed by atoms with E-state index in [0.717, 1.165) is 18.0 Å². The average molecular weight is 299 g/mol. The summed E-state index contributed by atoms with van der Waals surface area (Å²) in [5, 5.41) is 1.24. The predicted molar refractivity (Wildman–Crippen MR) is 79.1 cm³/mol. The van der Waals surface area contributed by atoms with Gasteiger partial charge in [0.1, 0.15) is 0 Å². The van der Waals surface area contributed by atoms with Crippen LogP contribution in [0.5, 0.6) is 0 Å². The maximum atomic E-state index is 12.5. The summed E-state index contributed by atoms with van der Waals surface area (Å²) in [5.74, 6) is 0.980. The molecule has 2 saturated heterocycles. The summed E-state index contributed by atoms with van der Waals surface area (Å²) in [5.41, 5.74) is 0.783. The number of nitrogens with zero attached hydrogens (tertiary/aromatic N) is 2. The van der Waals surface area contributed by atoms with Crippen molar-refractivity contribution in [1.29, 1.82) is 0 Å². The van der Waals surface area contributed by atoms with Crippen LogP contribution >= 0.6 is 35.6 Å². The molecule has 0 saturated carbocycles. The maximum absolute atomic E-state index is 12.5. The summed E-state index contributed by atoms with van der Waals surface area (Å²) in [6.45, 7) is 2.77. The third-order valence-corrected chi connectivity index (χ3v) is 5.32. The highest BCUT2D eigenvalue weighted by Crippen LogP contribution is 2.44. The van der Waals surface area contributed by atoms with E-state index in [1.165, 1.54) is 0 Å². The van der Waals surface area contributed by atoms with Crippen molar-refractivity contribution in [2.24, 2.45) is 0 Å². The molecule has 1 amide bonds. The largest absolute Gasteiger partial charge is 0.325 e. The number of benzene rings is 1. The Bertz CT molecular complexity index is 533. The first-order chi connectivity index (χ1) is 8.54. The fourth-order valence-electron chi connectivity index (χ4n) is 2.32. The first kappa shape index (κ1) is 12.3. The molecule has 0 spiro atoms. The zero-order valence-electron chi connectivity index (χ0n) is 9.72. The van der Waals surface area contributed by atoms with Gasteiger partial charge in [-0.1, -0.05) is 11.6 Å². The van der Waals surface area contributed by atoms with Gasteiger partial charge in [0.2, 0.25) is 0 Å². The van der Waals surface area contributed by atoms with Crippen LogP contribution in [0.1, 0.15) is 6.92 Å². The van der Waals surface area contributed by atoms with E-state index in [2.05, 4.69) is 0 Å². The summed E-state index contributed by atoms with van der Waals surface area (Å²) in [7, 11) is 0. The van der Waals surface area contributed by atoms with Crippen molar-refractivity contribution in [3.8, 4) is 0 Å². The van der Waals surface area contributed by atoms with E-state index in [4.69, 9.17) is 23.8 Å². The van der Waals surface area contributed by atoms with Crippen LogP contribution in [0.2, 0.25) is 5.02 Å². The highest BCUT2D eigenvalue weighted by Gasteiger charge is 2.55. The SMILES string of the molecule is CC12SCCN1C(=S)N(c1ccc(Cl)cc1)C2=O. The van der Waals surface area contributed by atoms with Crippen LogP contribution in [0.3, 0.4) is 0 Å². The lowest BCUT2D eigenvalue weighted by molar-refractivity contribution is -0.120. The minimum atomic E-state index is -0.531. The Morgan fingerprint density at radius 1 is 1.39 bits per heavy atom. The molecule has 0 aromatic heterocycles. The molecular formula is C12H11ClN2OS2. The summed E-state index contributed by atoms with van der Waals surface area (Å²) in [6.07, 6.45) is 0. The van der Waals surface area contributed by atoms with Gasteiger partial charge in [-0.3, -0.25) is 9.69 Å². The molecule has 0 N–H and O–H groups in total. The van der Waals surface area contributed by atoms with Crippen molar-refractivity contribution < 1.29 is 4.79 Å². The highest BCUT2D eigenvalue weighted by molar-refractivity contribution is 8.01. The first-order valence-electron chi connectivity index (χ1n) is 5.60. The molecule has 0 aliphatic carbocycles. The second-order valence-electron chi connectivity index (χ2n) is 4.38. The Hall–Kier alpha value is -0.780. The minimum absolute atomic E-state index is 0.0392. The topological polar surface area (TPSA) is 23.6 Å². The molecule has 0 radical (unpaired) electrons. The van der Waals surface area contributed by atoms with Gasteiger partial charge in [0, 0.05) is 17.3 Å². The maximum Gasteiger partial charge on any atom is 0.269 e. The normalized spacial score (nSPS) is 27.0. The van der Waals surface area contributed by atoms with Gasteiger partial charge in [0.05, 0.1) is 5.69 Å². The van der Waals surface area contributed by atoms with E-state index in [1.807, 2.05) is 24.0 Å². The molecule has 1 unspecified atom stereocenters. The van der Waals surface area contributed by atoms with E-state index >= 15 is 0 Å². The highest BCUT2D eigenvalue weighted by atomic mass is 35.5. The zero-order valence-corrected chi connectivity index (χ0v) is 12.1. The Balaban J connectivity index is 2.02. The van der Waals surface area contributed by atoms with Crippen LogP contribution < -0.4 is 4.90 Å². The Morgan fingerprint density at radius 2 is 2.06 bits per heavy atom. The van der Waals surface area contributed by atoms with Gasteiger partial charge in [-0.25, -0.2) is 0 Å². The molecule has 6 heteroatoms. The van der Waals surface area contributed by atoms with Crippen molar-refractivity contribution in [1.82, 2.24) is 4.90 Å². The molecule has 3 rings (SSSR count). The van der Waals surface area contributed by atoms with E-state index in [9.17, 15) is 4.79 Å². The van der Waals surface area contributed by atoms with E-state index in [-0.39, 0.29) is 5.91 Å². The lowest BCUT2D eigenvalue weighted by atomic mass is 10.2. The number of fused-ring (bicyclic) bond motifs is 1. The number of carbonyl (C=O) groups excluding carboxylic acids is 1. The number of hydrogen-bond acceptors (Lipinski definition) is 3. The molecule has 94 valence electrons. The number of anilines is 1. The summed E-state index contributed by atoms with van der Waals surface area (Å²) >= 11 is 12.9. The Labute approximate surface area is 120 Å². The predicted octanol–water partition coefficient (Wildman–Crippen LogP) is 2.74. The van der Waals surface area contributed by atoms with Crippen LogP contribution in [0.15, 0.2) is 24.3 Å². The monoisotopic (exact) mass is 298 g/mol. The fraction of sp³-hybridized carbons (Fsp3) is 0.333. The summed E-state index contributed by atoms with van der Waals surface area (Å²) < 4.78 is 0. The Morgan fingerprint density at radius 3 is 2.67 bits per heavy atom. The van der Waals surface area contributed by atoms with Crippen molar-refractivity contribution in [2.45, 2.75) is 11.8 Å². The molecule has 2 fully saturated rings. The van der Waals surface area contributed by atoms with Crippen LogP contribution in [-0.2, 0) is 4.79 Å². The molecule has 2 heterocycles. The molecule has 18 heavy (non-hydrogen) atoms. The van der Waals surface area contributed by atoms with Crippen molar-refractivity contribution in [3.05, 3.63) is 29.3 Å². The number of hydrogen-bond donors (Lipinski definition) is 0. The second kappa shape index (κ2) is 4.11. The molecule has 1 aromatic carbocycles. The number of thiocarbonyl (C=S) groups is 1. The van der Waals surface area contributed by atoms with Crippen LogP contribution in [0.25, 0.3) is 0 Å². The number of amides is 1. The minimum Gasteiger partial charge on any atom is -0.325 e. The van der Waals surface area contributed by atoms with Crippen LogP contribution in [-0.4, -0.2) is 33.1 Å². The number of halogens is 1. The quantitative estimate of drug-likeness (QED) is 0.744. The molecule has 0 bridgehead atoms. The van der Waals surface area contributed by atoms with Crippen molar-refractivity contribution in [2.75, 3.05) is 17.2 Å². The molecule has 1 atom stereocenters. The van der Waals surface area contributed by atoms with Gasteiger partial charge >= 0.3 is 0 Å². The first-order valence-corrected chi connectivity index (χ1v) is 7.37. The van der Waals surface area contributed by atoms with E-state index in [0.29, 0.717) is 10.1 Å². The van der Waals surface area contributed by atoms with Crippen molar-refractivity contribution in [3.63, 3.8) is 0 Å². The summed E-state index contributed by atoms with van der Waals surface area (Å²) in [4.78, 5) is 15.6. The fourth-order valence-corrected chi connectivity index (χ4v) is 4.18. The van der Waals surface area contributed by atoms with Gasteiger partial charge in [0.25, 0.3) is 5.91 Å². The second-order valence-corrected chi connectivity index (χ2v) is 6.68. The van der Waals surface area contributed by atoms with Gasteiger partial charge < -0.3 is 4.90 Å². The van der Waals surface area contributed by atoms with Crippen LogP contribution in [0.4, 0.5) is 5.69 Å². The molecule has 2 aliphatic rings. The summed E-state index contributed by atoms with van der Waals surface area (Å²) in [6, 6.07) is 7.18. The molecule has 2 aliphatic heterocycles. The third kappa shape index (κ3) is 1.57. The molecule has 1 aromatic rings. The van der Waals surface area contributed by atoms with E-state index in [1.54, 1.807) is 28.8 Å². The average Bonchev–Trinajstić information content (AvgIpc) is 2.81. The molecule has 3 nitrogen and oxygen atoms in total. The van der Waals surface area contributed by atoms with Gasteiger partial charge in [0.15, 0.2) is 9.98 Å². The Kier molecular flexibility index (Phi) is 2.80. The number of carbonyl (C=O) groups is 1. The van der Waals surface area contributed by atoms with Crippen LogP contribution in [0, 0.1) is 0 Å². The zero-order chi connectivity index (χ0) is 12.9. The van der Waals surface area contributed by atoms with E-state index < -0.39 is 4.87 Å². The lowest BCUT2D eigenvalue weighted by Crippen LogP contribution is -2.39. The standard InChI is InChI=1S/C12H11ClN2OS2/c1-12-10(16)15(9-4-2-8(13)3-5-9)11(17)14(12)6-7-18-12/h2-5H,6-7H2,1H3. The van der Waals surface area contributed by atoms with Gasteiger partial charge in [-0.15, -0.1) is 11.8 Å². The van der Waals surface area contributed by atoms with Crippen molar-refractivity contribution >= 4 is 52.3 Å². The number of thioether (sulfide) groups is 1. The molecular weight excluding hydrogens is 288 g/mol. The van der Waals surface area contributed by atoms with Gasteiger partial charge in [-0.2, -0.15) is 0 Å². The smallest absolute Gasteiger partial charge is 0.269 e. The van der Waals surface area contributed by atoms with Gasteiger partial charge in [-0.05, 0) is 43.4 Å². The third-order valence-electron chi connectivity index (χ3n) is 3.32.